The Kier molecular flexibility index (Phi) is 4.34. The zero-order valence-corrected chi connectivity index (χ0v) is 12.6. The van der Waals surface area contributed by atoms with Crippen LogP contribution in [0.25, 0.3) is 0 Å². The number of anilines is 1. The summed E-state index contributed by atoms with van der Waals surface area (Å²) in [6.45, 7) is 1.01. The van der Waals surface area contributed by atoms with E-state index < -0.39 is 17.5 Å². The predicted octanol–water partition coefficient (Wildman–Crippen LogP) is 4.03. The lowest BCUT2D eigenvalue weighted by Gasteiger charge is -2.12. The van der Waals surface area contributed by atoms with E-state index in [2.05, 4.69) is 5.32 Å². The Morgan fingerprint density at radius 1 is 1.04 bits per heavy atom. The van der Waals surface area contributed by atoms with E-state index in [0.717, 1.165) is 18.6 Å². The number of hydrogen-bond acceptors (Lipinski definition) is 3. The highest BCUT2D eigenvalue weighted by molar-refractivity contribution is 6.34. The van der Waals surface area contributed by atoms with Gasteiger partial charge in [-0.2, -0.15) is 0 Å². The number of nitrogens with one attached hydrogen (secondary N) is 1. The lowest BCUT2D eigenvalue weighted by atomic mass is 10.2. The van der Waals surface area contributed by atoms with Gasteiger partial charge in [0.1, 0.15) is 0 Å². The van der Waals surface area contributed by atoms with Gasteiger partial charge in [0.15, 0.2) is 23.1 Å². The average Bonchev–Trinajstić information content (AvgIpc) is 2.75. The van der Waals surface area contributed by atoms with Crippen LogP contribution in [0.15, 0.2) is 30.3 Å². The Hall–Kier alpha value is -2.34. The number of carbonyl (C=O) groups is 1. The van der Waals surface area contributed by atoms with Crippen LogP contribution in [-0.4, -0.2) is 19.1 Å². The molecule has 0 aromatic heterocycles. The van der Waals surface area contributed by atoms with Crippen molar-refractivity contribution in [2.45, 2.75) is 6.42 Å². The largest absolute Gasteiger partial charge is 0.490 e. The van der Waals surface area contributed by atoms with Crippen molar-refractivity contribution >= 4 is 23.2 Å². The van der Waals surface area contributed by atoms with E-state index in [-0.39, 0.29) is 10.6 Å². The number of ether oxygens (including phenoxy) is 2. The molecule has 4 nitrogen and oxygen atoms in total. The van der Waals surface area contributed by atoms with Crippen LogP contribution in [0, 0.1) is 11.6 Å². The fraction of sp³-hybridized carbons (Fsp3) is 0.188. The molecule has 0 aliphatic carbocycles. The summed E-state index contributed by atoms with van der Waals surface area (Å²) >= 11 is 6.12. The Morgan fingerprint density at radius 3 is 2.43 bits per heavy atom. The first-order valence-corrected chi connectivity index (χ1v) is 7.28. The molecule has 7 heteroatoms. The van der Waals surface area contributed by atoms with Gasteiger partial charge in [0, 0.05) is 24.1 Å². The number of benzene rings is 2. The topological polar surface area (TPSA) is 47.6 Å². The van der Waals surface area contributed by atoms with Crippen LogP contribution in [0.1, 0.15) is 16.8 Å². The zero-order valence-electron chi connectivity index (χ0n) is 11.9. The van der Waals surface area contributed by atoms with Crippen LogP contribution in [-0.2, 0) is 0 Å². The summed E-state index contributed by atoms with van der Waals surface area (Å²) in [6.07, 6.45) is 0.739. The normalized spacial score (nSPS) is 13.3. The second-order valence-electron chi connectivity index (χ2n) is 4.91. The SMILES string of the molecule is O=C(Nc1cc2c(cc1Cl)OCCCO2)c1ccc(F)c(F)c1. The van der Waals surface area contributed by atoms with Crippen LogP contribution < -0.4 is 14.8 Å². The highest BCUT2D eigenvalue weighted by Crippen LogP contribution is 2.37. The average molecular weight is 340 g/mol. The highest BCUT2D eigenvalue weighted by atomic mass is 35.5. The highest BCUT2D eigenvalue weighted by Gasteiger charge is 2.17. The molecule has 1 aliphatic rings. The lowest BCUT2D eigenvalue weighted by Crippen LogP contribution is -2.13. The smallest absolute Gasteiger partial charge is 0.255 e. The number of fused-ring (bicyclic) bond motifs is 1. The number of hydrogen-bond donors (Lipinski definition) is 1. The Labute approximate surface area is 136 Å². The van der Waals surface area contributed by atoms with Gasteiger partial charge in [0.2, 0.25) is 0 Å². The van der Waals surface area contributed by atoms with Gasteiger partial charge < -0.3 is 14.8 Å². The molecule has 0 saturated carbocycles. The van der Waals surface area contributed by atoms with Crippen LogP contribution in [0.2, 0.25) is 5.02 Å². The number of carbonyl (C=O) groups excluding carboxylic acids is 1. The fourth-order valence-corrected chi connectivity index (χ4v) is 2.31. The molecule has 1 N–H and O–H groups in total. The van der Waals surface area contributed by atoms with Gasteiger partial charge in [-0.1, -0.05) is 11.6 Å². The molecule has 2 aromatic carbocycles. The van der Waals surface area contributed by atoms with Gasteiger partial charge in [-0.3, -0.25) is 4.79 Å². The lowest BCUT2D eigenvalue weighted by molar-refractivity contribution is 0.102. The quantitative estimate of drug-likeness (QED) is 0.898. The van der Waals surface area contributed by atoms with E-state index in [0.29, 0.717) is 30.4 Å². The molecule has 2 aromatic rings. The van der Waals surface area contributed by atoms with Gasteiger partial charge in [-0.05, 0) is 18.2 Å². The number of amides is 1. The summed E-state index contributed by atoms with van der Waals surface area (Å²) in [5.74, 6) is -1.76. The maximum atomic E-state index is 13.2. The van der Waals surface area contributed by atoms with E-state index in [9.17, 15) is 13.6 Å². The molecule has 0 unspecified atom stereocenters. The van der Waals surface area contributed by atoms with Crippen LogP contribution >= 0.6 is 11.6 Å². The summed E-state index contributed by atoms with van der Waals surface area (Å²) in [4.78, 5) is 12.1. The fourth-order valence-electron chi connectivity index (χ4n) is 2.11. The van der Waals surface area contributed by atoms with E-state index in [4.69, 9.17) is 21.1 Å². The van der Waals surface area contributed by atoms with Gasteiger partial charge >= 0.3 is 0 Å². The standard InChI is InChI=1S/C16H12ClF2NO3/c17-10-7-14-15(23-5-1-4-22-14)8-13(10)20-16(21)9-2-3-11(18)12(19)6-9/h2-3,6-8H,1,4-5H2,(H,20,21). The Bertz CT molecular complexity index is 767. The van der Waals surface area contributed by atoms with Crippen molar-refractivity contribution in [1.29, 1.82) is 0 Å². The zero-order chi connectivity index (χ0) is 16.4. The van der Waals surface area contributed by atoms with Gasteiger partial charge in [0.05, 0.1) is 23.9 Å². The van der Waals surface area contributed by atoms with Crippen molar-refractivity contribution < 1.29 is 23.0 Å². The molecule has 1 heterocycles. The van der Waals surface area contributed by atoms with Crippen LogP contribution in [0.4, 0.5) is 14.5 Å². The molecule has 3 rings (SSSR count). The first-order valence-electron chi connectivity index (χ1n) is 6.90. The predicted molar refractivity (Wildman–Crippen MR) is 81.4 cm³/mol. The maximum Gasteiger partial charge on any atom is 0.255 e. The monoisotopic (exact) mass is 339 g/mol. The molecular weight excluding hydrogens is 328 g/mol. The van der Waals surface area contributed by atoms with Crippen molar-refractivity contribution in [2.24, 2.45) is 0 Å². The second kappa shape index (κ2) is 6.42. The van der Waals surface area contributed by atoms with Crippen molar-refractivity contribution in [3.05, 3.63) is 52.6 Å². The third-order valence-corrected chi connectivity index (χ3v) is 3.58. The van der Waals surface area contributed by atoms with Crippen molar-refractivity contribution in [3.8, 4) is 11.5 Å². The summed E-state index contributed by atoms with van der Waals surface area (Å²) in [7, 11) is 0. The Balaban J connectivity index is 1.85. The van der Waals surface area contributed by atoms with E-state index in [1.54, 1.807) is 12.1 Å². The molecule has 120 valence electrons. The summed E-state index contributed by atoms with van der Waals surface area (Å²) in [5.41, 5.74) is 0.276. The van der Waals surface area contributed by atoms with Crippen molar-refractivity contribution in [3.63, 3.8) is 0 Å². The first kappa shape index (κ1) is 15.6. The van der Waals surface area contributed by atoms with Crippen molar-refractivity contribution in [2.75, 3.05) is 18.5 Å². The Morgan fingerprint density at radius 2 is 1.74 bits per heavy atom. The minimum atomic E-state index is -1.09. The number of halogens is 3. The van der Waals surface area contributed by atoms with E-state index in [1.165, 1.54) is 6.07 Å². The molecule has 0 bridgehead atoms. The van der Waals surface area contributed by atoms with Crippen LogP contribution in [0.3, 0.4) is 0 Å². The third-order valence-electron chi connectivity index (χ3n) is 3.27. The van der Waals surface area contributed by atoms with E-state index in [1.807, 2.05) is 0 Å². The molecule has 0 radical (unpaired) electrons. The molecule has 1 aliphatic heterocycles. The minimum Gasteiger partial charge on any atom is -0.490 e. The second-order valence-corrected chi connectivity index (χ2v) is 5.32. The van der Waals surface area contributed by atoms with Crippen molar-refractivity contribution in [1.82, 2.24) is 0 Å². The van der Waals surface area contributed by atoms with Gasteiger partial charge in [0.25, 0.3) is 5.91 Å². The van der Waals surface area contributed by atoms with E-state index >= 15 is 0 Å². The van der Waals surface area contributed by atoms with Crippen LogP contribution in [0.5, 0.6) is 11.5 Å². The summed E-state index contributed by atoms with van der Waals surface area (Å²) < 4.78 is 37.1. The molecule has 23 heavy (non-hydrogen) atoms. The summed E-state index contributed by atoms with van der Waals surface area (Å²) in [5, 5.41) is 2.80. The molecule has 1 amide bonds. The minimum absolute atomic E-state index is 0.0212. The third kappa shape index (κ3) is 3.37. The summed E-state index contributed by atoms with van der Waals surface area (Å²) in [6, 6.07) is 5.98. The molecule has 0 atom stereocenters. The first-order chi connectivity index (χ1) is 11.0. The number of rotatable bonds is 2. The van der Waals surface area contributed by atoms with Gasteiger partial charge in [-0.15, -0.1) is 0 Å². The molecular formula is C16H12ClF2NO3. The van der Waals surface area contributed by atoms with Gasteiger partial charge in [-0.25, -0.2) is 8.78 Å². The molecule has 0 fully saturated rings. The molecule has 0 spiro atoms. The molecule has 0 saturated heterocycles. The maximum absolute atomic E-state index is 13.2.